The molecule has 6 nitrogen and oxygen atoms in total. The molecule has 1 fully saturated rings. The number of anilines is 1. The van der Waals surface area contributed by atoms with Crippen LogP contribution >= 0.6 is 11.8 Å². The number of hydrogen-bond donors (Lipinski definition) is 1. The topological polar surface area (TPSA) is 76.9 Å². The summed E-state index contributed by atoms with van der Waals surface area (Å²) in [6.45, 7) is 0. The van der Waals surface area contributed by atoms with Crippen molar-refractivity contribution in [1.82, 2.24) is 14.8 Å². The van der Waals surface area contributed by atoms with Crippen molar-refractivity contribution < 1.29 is 9.59 Å². The van der Waals surface area contributed by atoms with Crippen LogP contribution in [0.25, 0.3) is 0 Å². The van der Waals surface area contributed by atoms with Crippen molar-refractivity contribution in [2.24, 2.45) is 0 Å². The Labute approximate surface area is 119 Å². The van der Waals surface area contributed by atoms with Crippen LogP contribution in [0.1, 0.15) is 12.8 Å². The van der Waals surface area contributed by atoms with Crippen LogP contribution in [0.2, 0.25) is 0 Å². The van der Waals surface area contributed by atoms with Gasteiger partial charge in [0.15, 0.2) is 5.16 Å². The number of thioether (sulfide) groups is 1. The highest BCUT2D eigenvalue weighted by atomic mass is 32.2. The Bertz CT molecular complexity index is 637. The van der Waals surface area contributed by atoms with Crippen LogP contribution in [-0.2, 0) is 9.59 Å². The van der Waals surface area contributed by atoms with Gasteiger partial charge in [0.1, 0.15) is 11.1 Å². The number of rotatable bonds is 5. The van der Waals surface area contributed by atoms with Crippen LogP contribution < -0.4 is 5.32 Å². The molecule has 0 unspecified atom stereocenters. The van der Waals surface area contributed by atoms with Gasteiger partial charge in [0.05, 0.1) is 0 Å². The fourth-order valence-corrected chi connectivity index (χ4v) is 2.89. The minimum atomic E-state index is -0.538. The Morgan fingerprint density at radius 3 is 2.75 bits per heavy atom. The highest BCUT2D eigenvalue weighted by molar-refractivity contribution is 8.01. The number of benzene rings is 1. The van der Waals surface area contributed by atoms with E-state index in [0.717, 1.165) is 18.5 Å². The predicted molar refractivity (Wildman–Crippen MR) is 75.1 cm³/mol. The molecule has 1 heterocycles. The molecule has 1 aromatic heterocycles. The summed E-state index contributed by atoms with van der Waals surface area (Å²) in [5.74, 6) is -0.0610. The van der Waals surface area contributed by atoms with Crippen molar-refractivity contribution in [1.29, 1.82) is 0 Å². The third-order valence-electron chi connectivity index (χ3n) is 3.09. The summed E-state index contributed by atoms with van der Waals surface area (Å²) in [4.78, 5) is 23.2. The molecule has 0 spiro atoms. The Morgan fingerprint density at radius 2 is 2.10 bits per heavy atom. The lowest BCUT2D eigenvalue weighted by molar-refractivity contribution is -0.116. The number of carbonyl (C=O) groups excluding carboxylic acids is 2. The van der Waals surface area contributed by atoms with Gasteiger partial charge in [-0.05, 0) is 25.0 Å². The molecule has 3 rings (SSSR count). The number of hydrogen-bond acceptors (Lipinski definition) is 5. The molecule has 1 N–H and O–H groups in total. The van der Waals surface area contributed by atoms with E-state index >= 15 is 0 Å². The first-order valence-electron chi connectivity index (χ1n) is 6.14. The van der Waals surface area contributed by atoms with Crippen molar-refractivity contribution in [3.8, 4) is 0 Å². The van der Waals surface area contributed by atoms with E-state index in [1.54, 1.807) is 0 Å². The first-order chi connectivity index (χ1) is 9.73. The predicted octanol–water partition coefficient (Wildman–Crippen LogP) is 1.58. The summed E-state index contributed by atoms with van der Waals surface area (Å²) in [5.41, 5.74) is 0.765. The summed E-state index contributed by atoms with van der Waals surface area (Å²) in [6.07, 6.45) is 3.50. The number of nitrogens with zero attached hydrogens (tertiary/aromatic N) is 3. The Morgan fingerprint density at radius 1 is 1.35 bits per heavy atom. The minimum absolute atomic E-state index is 0.0610. The lowest BCUT2D eigenvalue weighted by atomic mass is 10.3. The van der Waals surface area contributed by atoms with Gasteiger partial charge in [-0.15, -0.1) is 10.2 Å². The minimum Gasteiger partial charge on any atom is -0.325 e. The maximum absolute atomic E-state index is 12.3. The standard InChI is InChI=1S/C13H12N4O2S/c18-9-17-8-14-16-12(17)20-13(6-7-13)11(19)15-10-4-2-1-3-5-10/h1-5,8-9H,6-7H2,(H,15,19). The zero-order valence-corrected chi connectivity index (χ0v) is 11.3. The van der Waals surface area contributed by atoms with Crippen LogP contribution in [0.3, 0.4) is 0 Å². The van der Waals surface area contributed by atoms with Crippen LogP contribution in [0.15, 0.2) is 41.8 Å². The van der Waals surface area contributed by atoms with Gasteiger partial charge in [0.2, 0.25) is 12.3 Å². The van der Waals surface area contributed by atoms with E-state index in [2.05, 4.69) is 15.5 Å². The van der Waals surface area contributed by atoms with Crippen molar-refractivity contribution >= 4 is 29.8 Å². The van der Waals surface area contributed by atoms with Gasteiger partial charge in [-0.1, -0.05) is 30.0 Å². The molecule has 20 heavy (non-hydrogen) atoms. The molecule has 0 atom stereocenters. The number of aromatic nitrogens is 3. The molecule has 1 aromatic carbocycles. The van der Waals surface area contributed by atoms with E-state index in [9.17, 15) is 9.59 Å². The zero-order valence-electron chi connectivity index (χ0n) is 10.5. The molecule has 0 aliphatic heterocycles. The summed E-state index contributed by atoms with van der Waals surface area (Å²) in [7, 11) is 0. The molecule has 1 amide bonds. The Balaban J connectivity index is 1.73. The lowest BCUT2D eigenvalue weighted by Gasteiger charge is -2.13. The smallest absolute Gasteiger partial charge is 0.241 e. The van der Waals surface area contributed by atoms with Crippen molar-refractivity contribution in [3.05, 3.63) is 36.7 Å². The van der Waals surface area contributed by atoms with Gasteiger partial charge in [-0.25, -0.2) is 4.57 Å². The number of para-hydroxylation sites is 1. The van der Waals surface area contributed by atoms with E-state index in [1.165, 1.54) is 22.7 Å². The molecule has 1 aliphatic rings. The molecule has 1 aliphatic carbocycles. The van der Waals surface area contributed by atoms with Crippen LogP contribution in [0.5, 0.6) is 0 Å². The van der Waals surface area contributed by atoms with Gasteiger partial charge in [0.25, 0.3) is 0 Å². The van der Waals surface area contributed by atoms with Crippen LogP contribution in [-0.4, -0.2) is 31.8 Å². The van der Waals surface area contributed by atoms with E-state index < -0.39 is 4.75 Å². The Kier molecular flexibility index (Phi) is 3.27. The fraction of sp³-hybridized carbons (Fsp3) is 0.231. The summed E-state index contributed by atoms with van der Waals surface area (Å²) >= 11 is 1.29. The third kappa shape index (κ3) is 2.44. The van der Waals surface area contributed by atoms with E-state index in [0.29, 0.717) is 11.6 Å². The third-order valence-corrected chi connectivity index (χ3v) is 4.55. The monoisotopic (exact) mass is 288 g/mol. The first-order valence-corrected chi connectivity index (χ1v) is 6.95. The largest absolute Gasteiger partial charge is 0.325 e. The second-order valence-electron chi connectivity index (χ2n) is 4.54. The normalized spacial score (nSPS) is 15.6. The van der Waals surface area contributed by atoms with Gasteiger partial charge < -0.3 is 5.32 Å². The molecular weight excluding hydrogens is 276 g/mol. The summed E-state index contributed by atoms with van der Waals surface area (Å²) in [6, 6.07) is 9.31. The lowest BCUT2D eigenvalue weighted by Crippen LogP contribution is -2.27. The quantitative estimate of drug-likeness (QED) is 0.845. The van der Waals surface area contributed by atoms with E-state index in [4.69, 9.17) is 0 Å². The van der Waals surface area contributed by atoms with E-state index in [-0.39, 0.29) is 5.91 Å². The second kappa shape index (κ2) is 5.09. The van der Waals surface area contributed by atoms with Crippen LogP contribution in [0.4, 0.5) is 5.69 Å². The molecule has 1 saturated carbocycles. The molecular formula is C13H12N4O2S. The van der Waals surface area contributed by atoms with Crippen LogP contribution in [0, 0.1) is 0 Å². The SMILES string of the molecule is O=Cn1cnnc1SC1(C(=O)Nc2ccccc2)CC1. The van der Waals surface area contributed by atoms with Gasteiger partial charge in [-0.3, -0.25) is 9.59 Å². The van der Waals surface area contributed by atoms with Crippen molar-refractivity contribution in [3.63, 3.8) is 0 Å². The number of amides is 1. The number of nitrogens with one attached hydrogen (secondary N) is 1. The average Bonchev–Trinajstić information content (AvgIpc) is 3.11. The highest BCUT2D eigenvalue weighted by Gasteiger charge is 2.52. The highest BCUT2D eigenvalue weighted by Crippen LogP contribution is 2.51. The fourth-order valence-electron chi connectivity index (χ4n) is 1.81. The number of carbonyl (C=O) groups is 2. The maximum atomic E-state index is 12.3. The van der Waals surface area contributed by atoms with E-state index in [1.807, 2.05) is 30.3 Å². The Hall–Kier alpha value is -2.15. The summed E-state index contributed by atoms with van der Waals surface area (Å²) in [5, 5.41) is 10.9. The van der Waals surface area contributed by atoms with Gasteiger partial charge in [0, 0.05) is 5.69 Å². The molecule has 2 aromatic rings. The molecule has 0 radical (unpaired) electrons. The molecule has 7 heteroatoms. The first kappa shape index (κ1) is 12.9. The summed E-state index contributed by atoms with van der Waals surface area (Å²) < 4.78 is 0.740. The molecule has 0 saturated heterocycles. The van der Waals surface area contributed by atoms with Gasteiger partial charge >= 0.3 is 0 Å². The zero-order chi connectivity index (χ0) is 14.0. The molecule has 0 bridgehead atoms. The van der Waals surface area contributed by atoms with Gasteiger partial charge in [-0.2, -0.15) is 0 Å². The second-order valence-corrected chi connectivity index (χ2v) is 5.89. The van der Waals surface area contributed by atoms with Crippen molar-refractivity contribution in [2.45, 2.75) is 22.7 Å². The molecule has 102 valence electrons. The average molecular weight is 288 g/mol. The maximum Gasteiger partial charge on any atom is 0.241 e. The van der Waals surface area contributed by atoms with Crippen molar-refractivity contribution in [2.75, 3.05) is 5.32 Å².